The smallest absolute Gasteiger partial charge is 0.407 e. The molecular formula is C75H108N8O13S2. The predicted molar refractivity (Wildman–Crippen MR) is 372 cm³/mol. The van der Waals surface area contributed by atoms with Crippen LogP contribution in [-0.2, 0) is 67.9 Å². The van der Waals surface area contributed by atoms with Gasteiger partial charge in [0, 0.05) is 52.4 Å². The average molecular weight is 1390 g/mol. The molecule has 23 heteroatoms. The summed E-state index contributed by atoms with van der Waals surface area (Å²) >= 11 is 0. The van der Waals surface area contributed by atoms with Crippen LogP contribution in [-0.4, -0.2) is 110 Å². The van der Waals surface area contributed by atoms with Crippen LogP contribution in [0.2, 0.25) is 0 Å². The molecule has 0 aliphatic heterocycles. The number of fused-ring (bicyclic) bond motifs is 13. The van der Waals surface area contributed by atoms with Crippen molar-refractivity contribution in [3.8, 4) is 22.5 Å². The number of benzene rings is 2. The van der Waals surface area contributed by atoms with E-state index in [1.165, 1.54) is 70.6 Å². The fourth-order valence-corrected chi connectivity index (χ4v) is 23.7. The summed E-state index contributed by atoms with van der Waals surface area (Å²) in [6.45, 7) is 21.1. The summed E-state index contributed by atoms with van der Waals surface area (Å²) in [6, 6.07) is 12.4. The Kier molecular flexibility index (Phi) is 20.2. The molecule has 0 saturated heterocycles. The van der Waals surface area contributed by atoms with Gasteiger partial charge in [0.05, 0.1) is 25.6 Å². The highest BCUT2D eigenvalue weighted by atomic mass is 32.3. The number of nitrogens with one attached hydrogen (secondary N) is 1. The number of aromatic nitrogens is 7. The lowest BCUT2D eigenvalue weighted by atomic mass is 9.38. The first-order chi connectivity index (χ1) is 46.4. The van der Waals surface area contributed by atoms with Gasteiger partial charge in [-0.05, 0) is 266 Å². The predicted octanol–water partition coefficient (Wildman–Crippen LogP) is 14.6. The zero-order valence-corrected chi connectivity index (χ0v) is 60.9. The molecule has 0 bridgehead atoms. The molecule has 8 fully saturated rings. The van der Waals surface area contributed by atoms with Crippen LogP contribution >= 0.6 is 0 Å². The number of ether oxygens (including phenoxy) is 2. The average Bonchev–Trinajstić information content (AvgIpc) is 0.807. The number of amides is 1. The second kappa shape index (κ2) is 27.8. The van der Waals surface area contributed by atoms with Crippen LogP contribution in [0.3, 0.4) is 0 Å². The Labute approximate surface area is 580 Å². The van der Waals surface area contributed by atoms with Crippen LogP contribution in [0.1, 0.15) is 197 Å². The van der Waals surface area contributed by atoms with E-state index in [2.05, 4.69) is 105 Å². The number of rotatable bonds is 24. The van der Waals surface area contributed by atoms with E-state index in [0.29, 0.717) is 137 Å². The van der Waals surface area contributed by atoms with Crippen molar-refractivity contribution in [2.45, 2.75) is 228 Å². The maximum atomic E-state index is 14.0. The molecule has 1 amide bonds. The Morgan fingerprint density at radius 3 is 1.87 bits per heavy atom. The van der Waals surface area contributed by atoms with Crippen molar-refractivity contribution in [3.63, 3.8) is 0 Å². The van der Waals surface area contributed by atoms with Crippen molar-refractivity contribution in [1.82, 2.24) is 39.9 Å². The fourth-order valence-electron chi connectivity index (χ4n) is 23.0. The lowest BCUT2D eigenvalue weighted by Crippen LogP contribution is -2.60. The van der Waals surface area contributed by atoms with Gasteiger partial charge in [-0.2, -0.15) is 16.8 Å². The molecule has 8 saturated carbocycles. The first kappa shape index (κ1) is 71.1. The normalized spacial score (nSPS) is 33.7. The van der Waals surface area contributed by atoms with Crippen molar-refractivity contribution in [2.24, 2.45) is 105 Å². The molecule has 8 aliphatic rings. The zero-order valence-electron chi connectivity index (χ0n) is 59.3. The number of nitrogens with zero attached hydrogens (tertiary/aromatic N) is 7. The van der Waals surface area contributed by atoms with Gasteiger partial charge in [-0.25, -0.2) is 22.5 Å². The molecule has 15 unspecified atom stereocenters. The van der Waals surface area contributed by atoms with Crippen LogP contribution < -0.4 is 5.32 Å². The maximum Gasteiger partial charge on any atom is 0.407 e. The van der Waals surface area contributed by atoms with E-state index < -0.39 is 32.5 Å². The topological polar surface area (TPSA) is 275 Å². The standard InChI is InChI=1S/C75H108N8O13S2/c1-45(12-10-32-93-97(87,88)89)61-22-23-62-58-20-16-51-35-48(24-27-73(51,7)63(58)26-29-74(61,62)8)36-52(84)41-81-42-66(77-79-81)49-14-18-56-57-19-15-50(38-69(57)83(68(56)37-49)31-30-76-71(86)96-72(4,5)6)67-43-82(80-78-67)44-70(85)95-53-17-21-54-55-25-28-75(9)64(46(2)13-11-33-94-98(90,91)92)40-65(75)60(55)34-47(3)59(54)39-53/h14-15,18-19,37-38,42-43,45-48,51,53-55,58-65H,10-13,16-17,20-36,39-41,44H2,1-9H3,(H,76,86)(H,87,88,89)(H,90,91,92)/t45-,46?,47+,48?,51?,53?,54?,55?,58?,59+,60-,61?,62?,63?,64?,65?,73?,74?,75?/m1/s1. The van der Waals surface area contributed by atoms with E-state index in [1.54, 1.807) is 15.6 Å². The van der Waals surface area contributed by atoms with Crippen LogP contribution in [0.15, 0.2) is 48.8 Å². The maximum absolute atomic E-state index is 14.0. The number of carbonyl (C=O) groups is 3. The third-order valence-electron chi connectivity index (χ3n) is 27.4. The molecule has 8 aliphatic carbocycles. The third kappa shape index (κ3) is 14.7. The van der Waals surface area contributed by atoms with Crippen molar-refractivity contribution < 1.29 is 58.2 Å². The van der Waals surface area contributed by atoms with E-state index in [1.807, 2.05) is 39.1 Å². The van der Waals surface area contributed by atoms with E-state index in [0.717, 1.165) is 83.8 Å². The minimum absolute atomic E-state index is 0.0156. The number of Topliss-reactive ketones (excluding diaryl/α,β-unsaturated/α-hetero) is 1. The summed E-state index contributed by atoms with van der Waals surface area (Å²) in [6.07, 6.45) is 25.1. The zero-order chi connectivity index (χ0) is 69.4. The number of alkyl carbamates (subject to hydrolysis) is 1. The number of esters is 1. The molecule has 5 aromatic rings. The number of carbonyl (C=O) groups excluding carboxylic acids is 3. The van der Waals surface area contributed by atoms with Gasteiger partial charge in [-0.3, -0.25) is 18.7 Å². The van der Waals surface area contributed by atoms with Gasteiger partial charge in [0.15, 0.2) is 5.78 Å². The number of hydrogen-bond acceptors (Lipinski definition) is 15. The molecule has 3 N–H and O–H groups in total. The summed E-state index contributed by atoms with van der Waals surface area (Å²) in [5.41, 5.74) is 5.00. The molecule has 98 heavy (non-hydrogen) atoms. The molecule has 2 aromatic carbocycles. The summed E-state index contributed by atoms with van der Waals surface area (Å²) < 4.78 is 89.0. The van der Waals surface area contributed by atoms with Gasteiger partial charge in [0.2, 0.25) is 0 Å². The van der Waals surface area contributed by atoms with Crippen LogP contribution in [0.5, 0.6) is 0 Å². The highest BCUT2D eigenvalue weighted by Crippen LogP contribution is 2.71. The molecule has 538 valence electrons. The monoisotopic (exact) mass is 1390 g/mol. The summed E-state index contributed by atoms with van der Waals surface area (Å²) in [4.78, 5) is 40.7. The minimum Gasteiger partial charge on any atom is -0.461 e. The second-order valence-corrected chi connectivity index (χ2v) is 36.1. The molecule has 3 aromatic heterocycles. The summed E-state index contributed by atoms with van der Waals surface area (Å²) in [7, 11) is -8.82. The molecule has 3 heterocycles. The van der Waals surface area contributed by atoms with Gasteiger partial charge in [-0.1, -0.05) is 76.2 Å². The molecule has 0 spiro atoms. The van der Waals surface area contributed by atoms with Crippen LogP contribution in [0.4, 0.5) is 4.79 Å². The second-order valence-electron chi connectivity index (χ2n) is 33.9. The van der Waals surface area contributed by atoms with Gasteiger partial charge in [0.25, 0.3) is 0 Å². The van der Waals surface area contributed by atoms with Gasteiger partial charge in [0.1, 0.15) is 36.2 Å². The molecule has 19 atom stereocenters. The number of ketones is 1. The van der Waals surface area contributed by atoms with E-state index in [9.17, 15) is 31.2 Å². The van der Waals surface area contributed by atoms with Gasteiger partial charge < -0.3 is 19.4 Å². The fraction of sp³-hybridized carbons (Fsp3) is 0.747. The summed E-state index contributed by atoms with van der Waals surface area (Å²) in [5, 5.41) is 23.0. The lowest BCUT2D eigenvalue weighted by Gasteiger charge is -2.67. The van der Waals surface area contributed by atoms with Gasteiger partial charge in [-0.15, -0.1) is 10.2 Å². The minimum atomic E-state index is -4.41. The molecule has 13 rings (SSSR count). The third-order valence-corrected chi connectivity index (χ3v) is 28.3. The quantitative estimate of drug-likeness (QED) is 0.0294. The Hall–Kier alpha value is -5.33. The SMILES string of the molecule is CC(CCCOS(=O)(=O)O)C1CC2[C@@H]3C[C@H](C)[C@@H]4CC(OC(=O)Cn5cc(-c6ccc7c8ccc(-c9cn(CC(=O)CC%10CCC%11(C)C(CCC%12C%11CCC%11(C)C%12CCC%11[C@H](C)CCCOS(=O)(=O)O)C%10)nn9)cc8n(CCNC(=O)OC(C)(C)C)c7c6)nn5)CCC4C3CCC12C. The Balaban J connectivity index is 0.621. The van der Waals surface area contributed by atoms with Crippen molar-refractivity contribution >= 4 is 60.4 Å². The van der Waals surface area contributed by atoms with E-state index in [-0.39, 0.29) is 49.6 Å². The Bertz CT molecular complexity index is 3980. The largest absolute Gasteiger partial charge is 0.461 e. The lowest BCUT2D eigenvalue weighted by molar-refractivity contribution is -0.188. The first-order valence-electron chi connectivity index (χ1n) is 37.2. The molecule has 21 nitrogen and oxygen atoms in total. The number of hydrogen-bond donors (Lipinski definition) is 3. The van der Waals surface area contributed by atoms with E-state index >= 15 is 0 Å². The van der Waals surface area contributed by atoms with Gasteiger partial charge >= 0.3 is 32.9 Å². The van der Waals surface area contributed by atoms with Crippen molar-refractivity contribution in [3.05, 3.63) is 48.8 Å². The van der Waals surface area contributed by atoms with Crippen molar-refractivity contribution in [2.75, 3.05) is 19.8 Å². The Morgan fingerprint density at radius 1 is 0.643 bits per heavy atom. The van der Waals surface area contributed by atoms with Crippen molar-refractivity contribution in [1.29, 1.82) is 0 Å². The van der Waals surface area contributed by atoms with Crippen LogP contribution in [0, 0.1) is 105 Å². The van der Waals surface area contributed by atoms with E-state index in [4.69, 9.17) is 18.6 Å². The highest BCUT2D eigenvalue weighted by molar-refractivity contribution is 7.81. The first-order valence-corrected chi connectivity index (χ1v) is 40.0. The highest BCUT2D eigenvalue weighted by Gasteiger charge is 2.63. The van der Waals surface area contributed by atoms with Crippen LogP contribution in [0.25, 0.3) is 44.3 Å². The Morgan fingerprint density at radius 2 is 1.22 bits per heavy atom. The molecule has 0 radical (unpaired) electrons. The summed E-state index contributed by atoms with van der Waals surface area (Å²) in [5.74, 6) is 8.98. The molecular weight excluding hydrogens is 1290 g/mol.